The van der Waals surface area contributed by atoms with E-state index in [1.807, 2.05) is 48.0 Å². The third kappa shape index (κ3) is 6.67. The monoisotopic (exact) mass is 541 g/mol. The van der Waals surface area contributed by atoms with Crippen molar-refractivity contribution in [1.82, 2.24) is 19.8 Å². The zero-order chi connectivity index (χ0) is 26.5. The van der Waals surface area contributed by atoms with Gasteiger partial charge in [0.1, 0.15) is 5.82 Å². The molecule has 1 aliphatic carbocycles. The normalized spacial score (nSPS) is 17.7. The highest BCUT2D eigenvalue weighted by Gasteiger charge is 2.28. The van der Waals surface area contributed by atoms with Crippen molar-refractivity contribution in [3.05, 3.63) is 81.4 Å². The minimum atomic E-state index is -0.144. The van der Waals surface area contributed by atoms with Gasteiger partial charge < -0.3 is 19.7 Å². The van der Waals surface area contributed by atoms with Crippen LogP contribution in [0.3, 0.4) is 0 Å². The van der Waals surface area contributed by atoms with E-state index in [1.54, 1.807) is 12.3 Å². The molecule has 3 aromatic rings. The highest BCUT2D eigenvalue weighted by molar-refractivity contribution is 6.31. The molecule has 1 fully saturated rings. The summed E-state index contributed by atoms with van der Waals surface area (Å²) in [7, 11) is 4.33. The fraction of sp³-hybridized carbons (Fsp3) is 0.448. The number of anilines is 1. The molecule has 1 saturated carbocycles. The van der Waals surface area contributed by atoms with Crippen LogP contribution in [0, 0.1) is 6.92 Å². The third-order valence-corrected chi connectivity index (χ3v) is 8.02. The van der Waals surface area contributed by atoms with Crippen LogP contribution in [0.2, 0.25) is 10.0 Å². The molecular formula is C29H37Cl2N5O. The molecule has 4 rings (SSSR count). The summed E-state index contributed by atoms with van der Waals surface area (Å²) in [4.78, 5) is 22.6. The van der Waals surface area contributed by atoms with E-state index < -0.39 is 0 Å². The minimum Gasteiger partial charge on any atom is -0.369 e. The molecule has 1 aromatic heterocycles. The summed E-state index contributed by atoms with van der Waals surface area (Å²) in [5, 5.41) is 4.35. The summed E-state index contributed by atoms with van der Waals surface area (Å²) in [6, 6.07) is 12.6. The number of rotatable bonds is 9. The third-order valence-electron chi connectivity index (χ3n) is 7.55. The molecule has 0 atom stereocenters. The van der Waals surface area contributed by atoms with Gasteiger partial charge in [0.15, 0.2) is 0 Å². The summed E-state index contributed by atoms with van der Waals surface area (Å²) in [5.74, 6) is 0.644. The van der Waals surface area contributed by atoms with Crippen molar-refractivity contribution in [3.8, 4) is 0 Å². The number of aromatic nitrogens is 2. The maximum atomic E-state index is 13.3. The lowest BCUT2D eigenvalue weighted by Crippen LogP contribution is -2.42. The molecule has 0 saturated heterocycles. The number of nitrogens with one attached hydrogen (secondary N) is 1. The van der Waals surface area contributed by atoms with Gasteiger partial charge in [-0.25, -0.2) is 4.98 Å². The lowest BCUT2D eigenvalue weighted by molar-refractivity contribution is 0.0949. The number of carbonyl (C=O) groups is 1. The fourth-order valence-corrected chi connectivity index (χ4v) is 5.74. The Kier molecular flexibility index (Phi) is 9.17. The van der Waals surface area contributed by atoms with E-state index >= 15 is 0 Å². The van der Waals surface area contributed by atoms with Crippen molar-refractivity contribution in [2.24, 2.45) is 0 Å². The average molecular weight is 543 g/mol. The molecule has 198 valence electrons. The maximum Gasteiger partial charge on any atom is 0.252 e. The molecule has 37 heavy (non-hydrogen) atoms. The fourth-order valence-electron chi connectivity index (χ4n) is 5.40. The van der Waals surface area contributed by atoms with E-state index in [-0.39, 0.29) is 5.91 Å². The molecule has 0 bridgehead atoms. The summed E-state index contributed by atoms with van der Waals surface area (Å²) in [6.45, 7) is 6.06. The van der Waals surface area contributed by atoms with E-state index in [0.717, 1.165) is 42.0 Å². The van der Waals surface area contributed by atoms with E-state index in [0.29, 0.717) is 40.8 Å². The molecule has 2 aromatic carbocycles. The van der Waals surface area contributed by atoms with Crippen molar-refractivity contribution >= 4 is 34.8 Å². The zero-order valence-corrected chi connectivity index (χ0v) is 23.7. The van der Waals surface area contributed by atoms with Crippen molar-refractivity contribution in [3.63, 3.8) is 0 Å². The summed E-state index contributed by atoms with van der Waals surface area (Å²) in [5.41, 5.74) is 3.74. The first-order chi connectivity index (χ1) is 17.8. The van der Waals surface area contributed by atoms with Gasteiger partial charge in [-0.2, -0.15) is 0 Å². The van der Waals surface area contributed by atoms with Gasteiger partial charge in [0.2, 0.25) is 0 Å². The van der Waals surface area contributed by atoms with Gasteiger partial charge in [-0.15, -0.1) is 0 Å². The zero-order valence-electron chi connectivity index (χ0n) is 22.2. The Hall–Kier alpha value is -2.54. The molecular weight excluding hydrogens is 505 g/mol. The van der Waals surface area contributed by atoms with Crippen LogP contribution in [-0.2, 0) is 13.1 Å². The Morgan fingerprint density at radius 2 is 1.73 bits per heavy atom. The summed E-state index contributed by atoms with van der Waals surface area (Å²) >= 11 is 12.6. The number of hydrogen-bond donors (Lipinski definition) is 1. The second-order valence-corrected chi connectivity index (χ2v) is 11.0. The average Bonchev–Trinajstić information content (AvgIpc) is 3.33. The van der Waals surface area contributed by atoms with Crippen LogP contribution in [0.4, 0.5) is 5.69 Å². The van der Waals surface area contributed by atoms with Crippen LogP contribution in [0.15, 0.2) is 48.8 Å². The quantitative estimate of drug-likeness (QED) is 0.351. The van der Waals surface area contributed by atoms with Gasteiger partial charge in [-0.1, -0.05) is 35.3 Å². The number of hydrogen-bond acceptors (Lipinski definition) is 4. The van der Waals surface area contributed by atoms with Crippen LogP contribution < -0.4 is 10.2 Å². The first kappa shape index (κ1) is 27.5. The highest BCUT2D eigenvalue weighted by Crippen LogP contribution is 2.34. The molecule has 1 aliphatic rings. The smallest absolute Gasteiger partial charge is 0.252 e. The second-order valence-electron chi connectivity index (χ2n) is 10.1. The van der Waals surface area contributed by atoms with Crippen molar-refractivity contribution in [2.45, 2.75) is 64.7 Å². The number of imidazole rings is 1. The first-order valence-electron chi connectivity index (χ1n) is 13.0. The summed E-state index contributed by atoms with van der Waals surface area (Å²) in [6.07, 6.45) is 8.32. The first-order valence-corrected chi connectivity index (χ1v) is 13.8. The predicted molar refractivity (Wildman–Crippen MR) is 153 cm³/mol. The predicted octanol–water partition coefficient (Wildman–Crippen LogP) is 6.18. The Morgan fingerprint density at radius 3 is 2.38 bits per heavy atom. The van der Waals surface area contributed by atoms with Crippen LogP contribution in [0.1, 0.15) is 59.9 Å². The van der Waals surface area contributed by atoms with Crippen molar-refractivity contribution in [2.75, 3.05) is 25.5 Å². The van der Waals surface area contributed by atoms with E-state index in [4.69, 9.17) is 23.2 Å². The molecule has 8 heteroatoms. The Bertz CT molecular complexity index is 1200. The van der Waals surface area contributed by atoms with Gasteiger partial charge >= 0.3 is 0 Å². The van der Waals surface area contributed by atoms with Crippen LogP contribution in [0.5, 0.6) is 0 Å². The topological polar surface area (TPSA) is 53.4 Å². The lowest BCUT2D eigenvalue weighted by Gasteiger charge is -2.40. The second kappa shape index (κ2) is 12.3. The van der Waals surface area contributed by atoms with Gasteiger partial charge in [0, 0.05) is 58.9 Å². The number of halogens is 2. The molecule has 0 aliphatic heterocycles. The Labute approximate surface area is 230 Å². The number of nitrogens with zero attached hydrogens (tertiary/aromatic N) is 4. The minimum absolute atomic E-state index is 0.144. The summed E-state index contributed by atoms with van der Waals surface area (Å²) < 4.78 is 2.03. The molecule has 0 unspecified atom stereocenters. The Morgan fingerprint density at radius 1 is 1.05 bits per heavy atom. The Balaban J connectivity index is 1.47. The molecule has 6 nitrogen and oxygen atoms in total. The van der Waals surface area contributed by atoms with E-state index in [2.05, 4.69) is 41.1 Å². The van der Waals surface area contributed by atoms with Gasteiger partial charge in [-0.05, 0) is 89.0 Å². The molecule has 1 amide bonds. The standard InChI is InChI=1S/C29H37Cl2N5O/c1-5-36(25-12-10-24(11-13-25)34(3)4)27-17-23(31)16-26(20(27)2)29(37)33-18-28-32-14-15-35(28)19-21-6-8-22(30)9-7-21/h6-9,14-17,24-25H,5,10-13,18-19H2,1-4H3,(H,33,37)/t24-,25-. The van der Waals surface area contributed by atoms with E-state index in [9.17, 15) is 4.79 Å². The van der Waals surface area contributed by atoms with Gasteiger partial charge in [0.25, 0.3) is 5.91 Å². The molecule has 0 spiro atoms. The number of benzene rings is 2. The van der Waals surface area contributed by atoms with Crippen molar-refractivity contribution < 1.29 is 4.79 Å². The SMILES string of the molecule is CCN(c1cc(Cl)cc(C(=O)NCc2nccn2Cc2ccc(Cl)cc2)c1C)[C@H]1CC[C@H](N(C)C)CC1. The highest BCUT2D eigenvalue weighted by atomic mass is 35.5. The largest absolute Gasteiger partial charge is 0.369 e. The van der Waals surface area contributed by atoms with E-state index in [1.165, 1.54) is 12.8 Å². The van der Waals surface area contributed by atoms with Crippen molar-refractivity contribution in [1.29, 1.82) is 0 Å². The maximum absolute atomic E-state index is 13.3. The van der Waals surface area contributed by atoms with Crippen LogP contribution >= 0.6 is 23.2 Å². The lowest BCUT2D eigenvalue weighted by atomic mass is 9.89. The van der Waals surface area contributed by atoms with Gasteiger partial charge in [-0.3, -0.25) is 4.79 Å². The van der Waals surface area contributed by atoms with Crippen LogP contribution in [-0.4, -0.2) is 53.1 Å². The number of carbonyl (C=O) groups excluding carboxylic acids is 1. The molecule has 1 heterocycles. The number of amides is 1. The molecule has 0 radical (unpaired) electrons. The molecule has 1 N–H and O–H groups in total. The van der Waals surface area contributed by atoms with Crippen LogP contribution in [0.25, 0.3) is 0 Å². The van der Waals surface area contributed by atoms with Gasteiger partial charge in [0.05, 0.1) is 6.54 Å².